The zero-order valence-electron chi connectivity index (χ0n) is 12.1. The van der Waals surface area contributed by atoms with Crippen molar-refractivity contribution < 1.29 is 0 Å². The molecule has 1 saturated carbocycles. The van der Waals surface area contributed by atoms with Gasteiger partial charge in [0.1, 0.15) is 0 Å². The summed E-state index contributed by atoms with van der Waals surface area (Å²) in [6, 6.07) is 9.40. The quantitative estimate of drug-likeness (QED) is 0.794. The lowest BCUT2D eigenvalue weighted by molar-refractivity contribution is 0.369. The van der Waals surface area contributed by atoms with E-state index in [4.69, 9.17) is 12.2 Å². The third kappa shape index (κ3) is 3.32. The Balaban J connectivity index is 1.63. The summed E-state index contributed by atoms with van der Waals surface area (Å²) in [6.07, 6.45) is 9.03. The molecule has 0 saturated heterocycles. The molecule has 20 heavy (non-hydrogen) atoms. The largest absolute Gasteiger partial charge is 0.360 e. The van der Waals surface area contributed by atoms with E-state index in [2.05, 4.69) is 34.5 Å². The molecule has 108 valence electrons. The maximum atomic E-state index is 5.66. The van der Waals surface area contributed by atoms with Crippen molar-refractivity contribution in [3.05, 3.63) is 35.4 Å². The van der Waals surface area contributed by atoms with Crippen molar-refractivity contribution in [2.24, 2.45) is 0 Å². The van der Waals surface area contributed by atoms with Crippen LogP contribution >= 0.6 is 12.2 Å². The molecule has 1 aromatic carbocycles. The van der Waals surface area contributed by atoms with Crippen LogP contribution in [-0.4, -0.2) is 22.6 Å². The lowest BCUT2D eigenvalue weighted by Crippen LogP contribution is -2.45. The first-order chi connectivity index (χ1) is 9.83. The summed E-state index contributed by atoms with van der Waals surface area (Å²) in [5.41, 5.74) is 2.94. The second kappa shape index (κ2) is 6.57. The highest BCUT2D eigenvalue weighted by Crippen LogP contribution is 2.20. The average Bonchev–Trinajstić information content (AvgIpc) is 2.70. The van der Waals surface area contributed by atoms with Crippen LogP contribution in [0, 0.1) is 0 Å². The van der Waals surface area contributed by atoms with Crippen LogP contribution in [0.3, 0.4) is 0 Å². The Bertz CT molecular complexity index is 466. The van der Waals surface area contributed by atoms with Crippen molar-refractivity contribution in [2.75, 3.05) is 6.54 Å². The van der Waals surface area contributed by atoms with Crippen molar-refractivity contribution in [1.82, 2.24) is 10.2 Å². The summed E-state index contributed by atoms with van der Waals surface area (Å²) in [4.78, 5) is 2.36. The van der Waals surface area contributed by atoms with Crippen LogP contribution in [0.4, 0.5) is 0 Å². The van der Waals surface area contributed by atoms with Gasteiger partial charge >= 0.3 is 0 Å². The minimum absolute atomic E-state index is 0.606. The standard InChI is InChI=1S/C17H24N2S/c20-17(18-16-10-2-1-3-11-16)19-12-6-9-14-7-4-5-8-15(14)13-19/h4-5,7-8,16H,1-3,6,9-13H2,(H,18,20). The highest BCUT2D eigenvalue weighted by atomic mass is 32.1. The summed E-state index contributed by atoms with van der Waals surface area (Å²) in [6.45, 7) is 2.04. The second-order valence-electron chi connectivity index (χ2n) is 6.08. The molecule has 0 bridgehead atoms. The van der Waals surface area contributed by atoms with E-state index >= 15 is 0 Å². The van der Waals surface area contributed by atoms with Crippen LogP contribution in [0.1, 0.15) is 49.7 Å². The van der Waals surface area contributed by atoms with Gasteiger partial charge in [0.2, 0.25) is 0 Å². The first kappa shape index (κ1) is 13.9. The van der Waals surface area contributed by atoms with E-state index in [-0.39, 0.29) is 0 Å². The molecule has 0 aromatic heterocycles. The summed E-state index contributed by atoms with van der Waals surface area (Å²) in [5, 5.41) is 4.57. The van der Waals surface area contributed by atoms with Crippen LogP contribution in [0.2, 0.25) is 0 Å². The minimum atomic E-state index is 0.606. The number of thiocarbonyl (C=S) groups is 1. The molecule has 0 spiro atoms. The molecular formula is C17H24N2S. The van der Waals surface area contributed by atoms with Gasteiger partial charge in [0.25, 0.3) is 0 Å². The number of benzene rings is 1. The van der Waals surface area contributed by atoms with Gasteiger partial charge in [-0.1, -0.05) is 43.5 Å². The summed E-state index contributed by atoms with van der Waals surface area (Å²) in [5.74, 6) is 0. The predicted octanol–water partition coefficient (Wildman–Crippen LogP) is 3.64. The monoisotopic (exact) mass is 288 g/mol. The highest BCUT2D eigenvalue weighted by molar-refractivity contribution is 7.80. The third-order valence-corrected chi connectivity index (χ3v) is 4.95. The molecule has 2 aliphatic rings. The molecule has 0 radical (unpaired) electrons. The fraction of sp³-hybridized carbons (Fsp3) is 0.588. The fourth-order valence-electron chi connectivity index (χ4n) is 3.39. The summed E-state index contributed by atoms with van der Waals surface area (Å²) in [7, 11) is 0. The van der Waals surface area contributed by atoms with Gasteiger partial charge in [0.15, 0.2) is 5.11 Å². The van der Waals surface area contributed by atoms with Gasteiger partial charge in [-0.05, 0) is 49.0 Å². The zero-order chi connectivity index (χ0) is 13.8. The average molecular weight is 288 g/mol. The van der Waals surface area contributed by atoms with Crippen LogP contribution in [0.15, 0.2) is 24.3 Å². The molecule has 1 aromatic rings. The predicted molar refractivity (Wildman–Crippen MR) is 87.8 cm³/mol. The van der Waals surface area contributed by atoms with E-state index in [0.29, 0.717) is 6.04 Å². The van der Waals surface area contributed by atoms with Gasteiger partial charge in [-0.3, -0.25) is 0 Å². The number of hydrogen-bond acceptors (Lipinski definition) is 1. The Morgan fingerprint density at radius 3 is 2.60 bits per heavy atom. The SMILES string of the molecule is S=C(NC1CCCCC1)N1CCCc2ccccc2C1. The smallest absolute Gasteiger partial charge is 0.169 e. The first-order valence-electron chi connectivity index (χ1n) is 7.95. The van der Waals surface area contributed by atoms with Crippen LogP contribution < -0.4 is 5.32 Å². The van der Waals surface area contributed by atoms with Crippen LogP contribution in [0.5, 0.6) is 0 Å². The Labute approximate surface area is 127 Å². The third-order valence-electron chi connectivity index (χ3n) is 4.57. The lowest BCUT2D eigenvalue weighted by atomic mass is 9.96. The zero-order valence-corrected chi connectivity index (χ0v) is 12.9. The molecule has 1 heterocycles. The Morgan fingerprint density at radius 2 is 1.80 bits per heavy atom. The topological polar surface area (TPSA) is 15.3 Å². The Kier molecular flexibility index (Phi) is 4.56. The van der Waals surface area contributed by atoms with Crippen molar-refractivity contribution in [1.29, 1.82) is 0 Å². The van der Waals surface area contributed by atoms with E-state index in [1.54, 1.807) is 0 Å². The van der Waals surface area contributed by atoms with Gasteiger partial charge in [0.05, 0.1) is 0 Å². The van der Waals surface area contributed by atoms with Crippen LogP contribution in [0.25, 0.3) is 0 Å². The number of nitrogens with one attached hydrogen (secondary N) is 1. The minimum Gasteiger partial charge on any atom is -0.360 e. The molecule has 2 nitrogen and oxygen atoms in total. The van der Waals surface area contributed by atoms with E-state index in [1.807, 2.05) is 0 Å². The Hall–Kier alpha value is -1.09. The van der Waals surface area contributed by atoms with Gasteiger partial charge < -0.3 is 10.2 Å². The lowest BCUT2D eigenvalue weighted by Gasteiger charge is -2.30. The molecule has 0 amide bonds. The van der Waals surface area contributed by atoms with Gasteiger partial charge in [-0.25, -0.2) is 0 Å². The number of hydrogen-bond donors (Lipinski definition) is 1. The van der Waals surface area contributed by atoms with E-state index in [9.17, 15) is 0 Å². The molecule has 3 heteroatoms. The molecule has 0 atom stereocenters. The Morgan fingerprint density at radius 1 is 1.05 bits per heavy atom. The first-order valence-corrected chi connectivity index (χ1v) is 8.36. The van der Waals surface area contributed by atoms with E-state index in [1.165, 1.54) is 56.1 Å². The van der Waals surface area contributed by atoms with Crippen molar-refractivity contribution in [3.63, 3.8) is 0 Å². The van der Waals surface area contributed by atoms with Gasteiger partial charge in [0, 0.05) is 19.1 Å². The molecule has 1 aliphatic carbocycles. The summed E-state index contributed by atoms with van der Waals surface area (Å²) < 4.78 is 0. The van der Waals surface area contributed by atoms with Gasteiger partial charge in [-0.2, -0.15) is 0 Å². The molecule has 1 N–H and O–H groups in total. The number of fused-ring (bicyclic) bond motifs is 1. The van der Waals surface area contributed by atoms with E-state index < -0.39 is 0 Å². The van der Waals surface area contributed by atoms with Crippen LogP contribution in [-0.2, 0) is 13.0 Å². The molecule has 3 rings (SSSR count). The maximum Gasteiger partial charge on any atom is 0.169 e. The fourth-order valence-corrected chi connectivity index (χ4v) is 3.71. The number of aryl methyl sites for hydroxylation is 1. The maximum absolute atomic E-state index is 5.66. The molecule has 0 unspecified atom stereocenters. The second-order valence-corrected chi connectivity index (χ2v) is 6.46. The number of nitrogens with zero attached hydrogens (tertiary/aromatic N) is 1. The van der Waals surface area contributed by atoms with E-state index in [0.717, 1.165) is 18.2 Å². The number of rotatable bonds is 1. The van der Waals surface area contributed by atoms with Crippen molar-refractivity contribution in [2.45, 2.75) is 57.5 Å². The van der Waals surface area contributed by atoms with Crippen molar-refractivity contribution >= 4 is 17.3 Å². The summed E-state index contributed by atoms with van der Waals surface area (Å²) >= 11 is 5.66. The highest BCUT2D eigenvalue weighted by Gasteiger charge is 2.19. The van der Waals surface area contributed by atoms with Crippen molar-refractivity contribution in [3.8, 4) is 0 Å². The normalized spacial score (nSPS) is 20.1. The molecule has 1 aliphatic heterocycles. The van der Waals surface area contributed by atoms with Gasteiger partial charge in [-0.15, -0.1) is 0 Å². The molecule has 1 fully saturated rings. The molecular weight excluding hydrogens is 264 g/mol.